The van der Waals surface area contributed by atoms with Gasteiger partial charge in [-0.05, 0) is 46.0 Å². The van der Waals surface area contributed by atoms with Crippen molar-refractivity contribution >= 4 is 21.6 Å². The third kappa shape index (κ3) is 2.66. The molecular formula is C13H15BrF3N. The van der Waals surface area contributed by atoms with E-state index in [1.54, 1.807) is 0 Å². The minimum Gasteiger partial charge on any atom is -0.370 e. The number of nitrogens with zero attached hydrogens (tertiary/aromatic N) is 1. The number of halogens is 4. The van der Waals surface area contributed by atoms with Gasteiger partial charge in [-0.15, -0.1) is 0 Å². The first-order valence-corrected chi connectivity index (χ1v) is 6.70. The number of rotatable bonds is 2. The lowest BCUT2D eigenvalue weighted by atomic mass is 9.88. The molecule has 0 aromatic heterocycles. The third-order valence-corrected chi connectivity index (χ3v) is 4.14. The van der Waals surface area contributed by atoms with Crippen LogP contribution < -0.4 is 4.90 Å². The highest BCUT2D eigenvalue weighted by molar-refractivity contribution is 9.10. The van der Waals surface area contributed by atoms with E-state index in [0.29, 0.717) is 17.5 Å². The van der Waals surface area contributed by atoms with Gasteiger partial charge in [0.1, 0.15) is 0 Å². The monoisotopic (exact) mass is 321 g/mol. The molecule has 18 heavy (non-hydrogen) atoms. The van der Waals surface area contributed by atoms with Gasteiger partial charge in [0.15, 0.2) is 0 Å². The maximum Gasteiger partial charge on any atom is 0.416 e. The number of anilines is 1. The molecule has 1 aromatic rings. The Morgan fingerprint density at radius 2 is 1.89 bits per heavy atom. The normalized spacial score (nSPS) is 17.2. The molecule has 1 saturated heterocycles. The van der Waals surface area contributed by atoms with Gasteiger partial charge in [0, 0.05) is 17.6 Å². The summed E-state index contributed by atoms with van der Waals surface area (Å²) in [5.41, 5.74) is 0.0513. The first-order chi connectivity index (χ1) is 8.29. The second-order valence-corrected chi connectivity index (χ2v) is 5.93. The molecule has 100 valence electrons. The molecule has 1 heterocycles. The Morgan fingerprint density at radius 1 is 1.28 bits per heavy atom. The van der Waals surface area contributed by atoms with Gasteiger partial charge in [-0.25, -0.2) is 0 Å². The molecule has 1 fully saturated rings. The SMILES string of the molecule is CC(C)C1CN(c2cc(C(F)(F)F)ccc2Br)C1. The lowest BCUT2D eigenvalue weighted by Crippen LogP contribution is -2.49. The highest BCUT2D eigenvalue weighted by Gasteiger charge is 2.34. The highest BCUT2D eigenvalue weighted by atomic mass is 79.9. The minimum atomic E-state index is -4.28. The summed E-state index contributed by atoms with van der Waals surface area (Å²) >= 11 is 3.32. The van der Waals surface area contributed by atoms with Crippen LogP contribution in [0.15, 0.2) is 22.7 Å². The molecule has 1 aromatic carbocycles. The zero-order valence-corrected chi connectivity index (χ0v) is 11.8. The van der Waals surface area contributed by atoms with Crippen molar-refractivity contribution in [3.05, 3.63) is 28.2 Å². The summed E-state index contributed by atoms with van der Waals surface area (Å²) in [5, 5.41) is 0. The maximum atomic E-state index is 12.7. The Hall–Kier alpha value is -0.710. The lowest BCUT2D eigenvalue weighted by Gasteiger charge is -2.43. The van der Waals surface area contributed by atoms with Crippen LogP contribution in [0.25, 0.3) is 0 Å². The van der Waals surface area contributed by atoms with Crippen LogP contribution in [0.3, 0.4) is 0 Å². The van der Waals surface area contributed by atoms with Crippen LogP contribution in [0, 0.1) is 11.8 Å². The molecular weight excluding hydrogens is 307 g/mol. The fourth-order valence-corrected chi connectivity index (χ4v) is 2.56. The molecule has 0 bridgehead atoms. The van der Waals surface area contributed by atoms with Gasteiger partial charge in [0.2, 0.25) is 0 Å². The Bertz CT molecular complexity index is 436. The smallest absolute Gasteiger partial charge is 0.370 e. The summed E-state index contributed by atoms with van der Waals surface area (Å²) in [6.07, 6.45) is -4.28. The van der Waals surface area contributed by atoms with Crippen LogP contribution in [0.2, 0.25) is 0 Å². The van der Waals surface area contributed by atoms with Crippen LogP contribution in [-0.2, 0) is 6.18 Å². The Morgan fingerprint density at radius 3 is 2.39 bits per heavy atom. The number of hydrogen-bond donors (Lipinski definition) is 0. The summed E-state index contributed by atoms with van der Waals surface area (Å²) in [5.74, 6) is 1.15. The Labute approximate surface area is 113 Å². The largest absolute Gasteiger partial charge is 0.416 e. The zero-order chi connectivity index (χ0) is 13.5. The summed E-state index contributed by atoms with van der Waals surface area (Å²) in [7, 11) is 0. The van der Waals surface area contributed by atoms with Crippen molar-refractivity contribution in [1.82, 2.24) is 0 Å². The predicted molar refractivity (Wildman–Crippen MR) is 69.7 cm³/mol. The van der Waals surface area contributed by atoms with E-state index in [2.05, 4.69) is 29.8 Å². The Kier molecular flexibility index (Phi) is 3.63. The standard InChI is InChI=1S/C13H15BrF3N/c1-8(2)9-6-18(7-9)12-5-10(13(15,16)17)3-4-11(12)14/h3-5,8-9H,6-7H2,1-2H3. The van der Waals surface area contributed by atoms with Gasteiger partial charge in [-0.1, -0.05) is 13.8 Å². The fraction of sp³-hybridized carbons (Fsp3) is 0.538. The van der Waals surface area contributed by atoms with Crippen LogP contribution >= 0.6 is 15.9 Å². The van der Waals surface area contributed by atoms with Crippen LogP contribution in [0.4, 0.5) is 18.9 Å². The Balaban J connectivity index is 2.19. The van der Waals surface area contributed by atoms with Crippen molar-refractivity contribution in [2.45, 2.75) is 20.0 Å². The molecule has 1 aliphatic heterocycles. The molecule has 1 aliphatic rings. The molecule has 2 rings (SSSR count). The van der Waals surface area contributed by atoms with Crippen molar-refractivity contribution in [3.8, 4) is 0 Å². The second kappa shape index (κ2) is 4.76. The van der Waals surface area contributed by atoms with E-state index in [4.69, 9.17) is 0 Å². The third-order valence-electron chi connectivity index (χ3n) is 3.47. The van der Waals surface area contributed by atoms with Gasteiger partial charge >= 0.3 is 6.18 Å². The molecule has 0 aliphatic carbocycles. The minimum absolute atomic E-state index is 0.575. The van der Waals surface area contributed by atoms with E-state index in [9.17, 15) is 13.2 Å². The molecule has 0 N–H and O–H groups in total. The predicted octanol–water partition coefficient (Wildman–Crippen LogP) is 4.56. The topological polar surface area (TPSA) is 3.24 Å². The fourth-order valence-electron chi connectivity index (χ4n) is 2.06. The summed E-state index contributed by atoms with van der Waals surface area (Å²) in [6.45, 7) is 5.95. The molecule has 0 spiro atoms. The average Bonchev–Trinajstić information content (AvgIpc) is 2.16. The lowest BCUT2D eigenvalue weighted by molar-refractivity contribution is -0.137. The number of alkyl halides is 3. The summed E-state index contributed by atoms with van der Waals surface area (Å²) < 4.78 is 38.7. The van der Waals surface area contributed by atoms with Crippen molar-refractivity contribution in [3.63, 3.8) is 0 Å². The molecule has 0 unspecified atom stereocenters. The van der Waals surface area contributed by atoms with Crippen LogP contribution in [0.1, 0.15) is 19.4 Å². The number of hydrogen-bond acceptors (Lipinski definition) is 1. The van der Waals surface area contributed by atoms with Crippen molar-refractivity contribution in [2.75, 3.05) is 18.0 Å². The molecule has 1 nitrogen and oxygen atoms in total. The van der Waals surface area contributed by atoms with Gasteiger partial charge in [-0.3, -0.25) is 0 Å². The molecule has 0 radical (unpaired) electrons. The maximum absolute atomic E-state index is 12.7. The summed E-state index contributed by atoms with van der Waals surface area (Å²) in [4.78, 5) is 1.99. The van der Waals surface area contributed by atoms with E-state index in [1.807, 2.05) is 4.90 Å². The van der Waals surface area contributed by atoms with E-state index in [1.165, 1.54) is 12.1 Å². The van der Waals surface area contributed by atoms with Crippen molar-refractivity contribution in [1.29, 1.82) is 0 Å². The molecule has 5 heteroatoms. The van der Waals surface area contributed by atoms with Gasteiger partial charge in [0.25, 0.3) is 0 Å². The van der Waals surface area contributed by atoms with Crippen molar-refractivity contribution < 1.29 is 13.2 Å². The van der Waals surface area contributed by atoms with E-state index < -0.39 is 11.7 Å². The summed E-state index contributed by atoms with van der Waals surface area (Å²) in [6, 6.07) is 3.80. The quantitative estimate of drug-likeness (QED) is 0.771. The van der Waals surface area contributed by atoms with Gasteiger partial charge < -0.3 is 4.90 Å². The second-order valence-electron chi connectivity index (χ2n) is 5.07. The van der Waals surface area contributed by atoms with Crippen LogP contribution in [0.5, 0.6) is 0 Å². The first-order valence-electron chi connectivity index (χ1n) is 5.90. The molecule has 0 saturated carbocycles. The highest BCUT2D eigenvalue weighted by Crippen LogP contribution is 2.38. The average molecular weight is 322 g/mol. The zero-order valence-electron chi connectivity index (χ0n) is 10.3. The van der Waals surface area contributed by atoms with Crippen molar-refractivity contribution in [2.24, 2.45) is 11.8 Å². The molecule has 0 atom stereocenters. The van der Waals surface area contributed by atoms with Gasteiger partial charge in [0.05, 0.1) is 11.3 Å². The number of benzene rings is 1. The van der Waals surface area contributed by atoms with E-state index in [0.717, 1.165) is 23.6 Å². The van der Waals surface area contributed by atoms with Gasteiger partial charge in [-0.2, -0.15) is 13.2 Å². The van der Waals surface area contributed by atoms with E-state index in [-0.39, 0.29) is 0 Å². The van der Waals surface area contributed by atoms with Crippen LogP contribution in [-0.4, -0.2) is 13.1 Å². The van der Waals surface area contributed by atoms with E-state index >= 15 is 0 Å². The first kappa shape index (κ1) is 13.7. The molecule has 0 amide bonds.